The first kappa shape index (κ1) is 14.0. The molecule has 1 aliphatic carbocycles. The van der Waals surface area contributed by atoms with Gasteiger partial charge >= 0.3 is 0 Å². The third-order valence-electron chi connectivity index (χ3n) is 4.18. The van der Waals surface area contributed by atoms with E-state index >= 15 is 0 Å². The van der Waals surface area contributed by atoms with Gasteiger partial charge in [-0.3, -0.25) is 4.79 Å². The number of hydrogen-bond acceptors (Lipinski definition) is 3. The van der Waals surface area contributed by atoms with E-state index in [1.165, 1.54) is 18.2 Å². The molecule has 0 aliphatic heterocycles. The Labute approximate surface area is 132 Å². The van der Waals surface area contributed by atoms with Crippen LogP contribution in [0.15, 0.2) is 63.2 Å². The summed E-state index contributed by atoms with van der Waals surface area (Å²) < 4.78 is 25.4. The first-order valence-electron chi connectivity index (χ1n) is 7.30. The molecule has 0 radical (unpaired) electrons. The van der Waals surface area contributed by atoms with Crippen molar-refractivity contribution < 1.29 is 8.42 Å². The molecule has 1 aliphatic rings. The molecule has 0 unspecified atom stereocenters. The van der Waals surface area contributed by atoms with Gasteiger partial charge in [-0.05, 0) is 48.2 Å². The lowest BCUT2D eigenvalue weighted by atomic mass is 9.94. The van der Waals surface area contributed by atoms with Crippen LogP contribution in [0.25, 0.3) is 11.4 Å². The molecule has 2 N–H and O–H groups in total. The fourth-order valence-corrected chi connectivity index (χ4v) is 4.37. The smallest absolute Gasteiger partial charge is 0.267 e. The highest BCUT2D eigenvalue weighted by molar-refractivity contribution is 7.91. The van der Waals surface area contributed by atoms with E-state index in [0.717, 1.165) is 23.2 Å². The van der Waals surface area contributed by atoms with Crippen LogP contribution in [0, 0.1) is 0 Å². The molecule has 0 bridgehead atoms. The quantitative estimate of drug-likeness (QED) is 0.758. The highest BCUT2D eigenvalue weighted by atomic mass is 32.2. The number of fused-ring (bicyclic) bond motifs is 3. The lowest BCUT2D eigenvalue weighted by Gasteiger charge is -2.17. The molecule has 0 saturated heterocycles. The van der Waals surface area contributed by atoms with Crippen molar-refractivity contribution in [1.82, 2.24) is 9.97 Å². The van der Waals surface area contributed by atoms with Crippen molar-refractivity contribution in [3.8, 4) is 11.4 Å². The average Bonchev–Trinajstić information content (AvgIpc) is 3.04. The Morgan fingerprint density at radius 2 is 1.65 bits per heavy atom. The maximum Gasteiger partial charge on any atom is 0.267 e. The number of nitrogens with one attached hydrogen (secondary N) is 2. The van der Waals surface area contributed by atoms with Gasteiger partial charge in [0.15, 0.2) is 0 Å². The summed E-state index contributed by atoms with van der Waals surface area (Å²) >= 11 is 0. The third kappa shape index (κ3) is 2.14. The molecule has 1 aromatic carbocycles. The van der Waals surface area contributed by atoms with Crippen molar-refractivity contribution in [2.45, 2.75) is 22.6 Å². The number of H-pyrrole nitrogens is 2. The Morgan fingerprint density at radius 3 is 2.43 bits per heavy atom. The van der Waals surface area contributed by atoms with Gasteiger partial charge < -0.3 is 9.97 Å². The number of aryl methyl sites for hydroxylation is 2. The van der Waals surface area contributed by atoms with E-state index in [0.29, 0.717) is 12.1 Å². The summed E-state index contributed by atoms with van der Waals surface area (Å²) in [6, 6.07) is 11.5. The van der Waals surface area contributed by atoms with E-state index in [-0.39, 0.29) is 9.79 Å². The fraction of sp³-hybridized carbons (Fsp3) is 0.118. The number of rotatable bonds is 2. The summed E-state index contributed by atoms with van der Waals surface area (Å²) in [4.78, 5) is 18.2. The Bertz CT molecular complexity index is 1050. The Kier molecular flexibility index (Phi) is 3.02. The molecular formula is C17H14N2O3S. The van der Waals surface area contributed by atoms with E-state index in [4.69, 9.17) is 0 Å². The van der Waals surface area contributed by atoms with E-state index in [1.807, 2.05) is 12.3 Å². The van der Waals surface area contributed by atoms with Crippen molar-refractivity contribution in [2.24, 2.45) is 0 Å². The standard InChI is InChI=1S/C17H14N2O3S/c20-17-14(23(21,22)13-4-2-1-3-5-13)10-12-7-6-11-8-9-18-15(11)16(12)19-17/h1-5,8-10,18H,6-7H2,(H,19,20). The summed E-state index contributed by atoms with van der Waals surface area (Å²) in [5, 5.41) is 0. The summed E-state index contributed by atoms with van der Waals surface area (Å²) in [7, 11) is -3.82. The minimum atomic E-state index is -3.82. The minimum Gasteiger partial charge on any atom is -0.360 e. The lowest BCUT2D eigenvalue weighted by Crippen LogP contribution is -2.21. The Hall–Kier alpha value is -2.60. The van der Waals surface area contributed by atoms with E-state index in [2.05, 4.69) is 9.97 Å². The van der Waals surface area contributed by atoms with Crippen LogP contribution >= 0.6 is 0 Å². The van der Waals surface area contributed by atoms with Crippen molar-refractivity contribution in [2.75, 3.05) is 0 Å². The highest BCUT2D eigenvalue weighted by Crippen LogP contribution is 2.31. The van der Waals surface area contributed by atoms with Gasteiger partial charge in [-0.25, -0.2) is 8.42 Å². The zero-order valence-corrected chi connectivity index (χ0v) is 13.0. The first-order chi connectivity index (χ1) is 11.1. The Morgan fingerprint density at radius 1 is 0.913 bits per heavy atom. The Balaban J connectivity index is 1.92. The molecule has 2 aromatic heterocycles. The van der Waals surface area contributed by atoms with Crippen molar-refractivity contribution in [1.29, 1.82) is 0 Å². The zero-order valence-electron chi connectivity index (χ0n) is 12.2. The van der Waals surface area contributed by atoms with E-state index in [1.54, 1.807) is 18.2 Å². The van der Waals surface area contributed by atoms with Gasteiger partial charge in [0.2, 0.25) is 9.84 Å². The zero-order chi connectivity index (χ0) is 16.0. The molecule has 3 aromatic rings. The van der Waals surface area contributed by atoms with Crippen molar-refractivity contribution in [3.05, 3.63) is 70.1 Å². The second kappa shape index (κ2) is 4.96. The average molecular weight is 326 g/mol. The van der Waals surface area contributed by atoms with Gasteiger partial charge in [0.25, 0.3) is 5.56 Å². The largest absolute Gasteiger partial charge is 0.360 e. The first-order valence-corrected chi connectivity index (χ1v) is 8.78. The number of hydrogen-bond donors (Lipinski definition) is 2. The highest BCUT2D eigenvalue weighted by Gasteiger charge is 2.25. The van der Waals surface area contributed by atoms with Crippen molar-refractivity contribution >= 4 is 9.84 Å². The molecule has 0 atom stereocenters. The number of benzene rings is 1. The summed E-state index contributed by atoms with van der Waals surface area (Å²) in [6.07, 6.45) is 3.35. The second-order valence-electron chi connectivity index (χ2n) is 5.56. The topological polar surface area (TPSA) is 82.8 Å². The number of pyridine rings is 1. The maximum absolute atomic E-state index is 12.7. The van der Waals surface area contributed by atoms with Crippen LogP contribution in [-0.2, 0) is 22.7 Å². The van der Waals surface area contributed by atoms with E-state index < -0.39 is 15.4 Å². The van der Waals surface area contributed by atoms with Gasteiger partial charge in [0.05, 0.1) is 16.3 Å². The number of sulfone groups is 1. The van der Waals surface area contributed by atoms with Gasteiger partial charge in [0, 0.05) is 6.20 Å². The molecule has 0 fully saturated rings. The SMILES string of the molecule is O=c1[nH]c2c(cc1S(=O)(=O)c1ccccc1)CCc1cc[nH]c1-2. The van der Waals surface area contributed by atoms with Crippen LogP contribution in [0.1, 0.15) is 11.1 Å². The third-order valence-corrected chi connectivity index (χ3v) is 5.95. The summed E-state index contributed by atoms with van der Waals surface area (Å²) in [5.41, 5.74) is 2.94. The van der Waals surface area contributed by atoms with Gasteiger partial charge in [0.1, 0.15) is 4.90 Å². The van der Waals surface area contributed by atoms with Crippen LogP contribution in [0.2, 0.25) is 0 Å². The molecular weight excluding hydrogens is 312 g/mol. The van der Waals surface area contributed by atoms with Gasteiger partial charge in [-0.2, -0.15) is 0 Å². The molecule has 5 nitrogen and oxygen atoms in total. The van der Waals surface area contributed by atoms with Crippen LogP contribution in [0.5, 0.6) is 0 Å². The lowest BCUT2D eigenvalue weighted by molar-refractivity contribution is 0.594. The van der Waals surface area contributed by atoms with Gasteiger partial charge in [-0.15, -0.1) is 0 Å². The molecule has 0 spiro atoms. The molecule has 2 heterocycles. The second-order valence-corrected chi connectivity index (χ2v) is 7.48. The number of aromatic nitrogens is 2. The monoisotopic (exact) mass is 326 g/mol. The predicted octanol–water partition coefficient (Wildman–Crippen LogP) is 2.30. The van der Waals surface area contributed by atoms with Crippen LogP contribution in [0.4, 0.5) is 0 Å². The maximum atomic E-state index is 12.7. The molecule has 23 heavy (non-hydrogen) atoms. The molecule has 0 saturated carbocycles. The number of aromatic amines is 2. The summed E-state index contributed by atoms with van der Waals surface area (Å²) in [5.74, 6) is 0. The van der Waals surface area contributed by atoms with Crippen LogP contribution in [0.3, 0.4) is 0 Å². The fourth-order valence-electron chi connectivity index (χ4n) is 3.01. The predicted molar refractivity (Wildman–Crippen MR) is 86.2 cm³/mol. The van der Waals surface area contributed by atoms with Gasteiger partial charge in [-0.1, -0.05) is 18.2 Å². The summed E-state index contributed by atoms with van der Waals surface area (Å²) in [6.45, 7) is 0. The molecule has 0 amide bonds. The van der Waals surface area contributed by atoms with E-state index in [9.17, 15) is 13.2 Å². The minimum absolute atomic E-state index is 0.127. The van der Waals surface area contributed by atoms with Crippen LogP contribution < -0.4 is 5.56 Å². The van der Waals surface area contributed by atoms with Crippen molar-refractivity contribution in [3.63, 3.8) is 0 Å². The molecule has 6 heteroatoms. The van der Waals surface area contributed by atoms with Crippen LogP contribution in [-0.4, -0.2) is 18.4 Å². The normalized spacial score (nSPS) is 13.4. The molecule has 4 rings (SSSR count). The molecule has 116 valence electrons.